The molecule has 1 aromatic carbocycles. The minimum absolute atomic E-state index is 0.0000823. The van der Waals surface area contributed by atoms with E-state index in [-0.39, 0.29) is 24.0 Å². The largest absolute Gasteiger partial charge is 0.505 e. The van der Waals surface area contributed by atoms with Crippen molar-refractivity contribution < 1.29 is 14.3 Å². The second-order valence-corrected chi connectivity index (χ2v) is 7.52. The number of nitrogens with zero attached hydrogens (tertiary/aromatic N) is 3. The van der Waals surface area contributed by atoms with E-state index in [4.69, 9.17) is 0 Å². The first-order valence-corrected chi connectivity index (χ1v) is 9.36. The maximum absolute atomic E-state index is 13.5. The van der Waals surface area contributed by atoms with Crippen LogP contribution in [-0.2, 0) is 17.8 Å². The molecule has 2 aromatic rings. The molecule has 6 heteroatoms. The molecule has 5 nitrogen and oxygen atoms in total. The van der Waals surface area contributed by atoms with Crippen LogP contribution in [0.5, 0.6) is 5.75 Å². The fourth-order valence-electron chi connectivity index (χ4n) is 3.77. The zero-order chi connectivity index (χ0) is 18.1. The molecule has 4 rings (SSSR count). The van der Waals surface area contributed by atoms with E-state index in [1.165, 1.54) is 25.0 Å². The molecular formula is C20H24FN3O2. The van der Waals surface area contributed by atoms with E-state index in [2.05, 4.69) is 9.55 Å². The van der Waals surface area contributed by atoms with Crippen molar-refractivity contribution in [1.82, 2.24) is 14.5 Å². The maximum atomic E-state index is 13.5. The molecule has 1 aliphatic carbocycles. The van der Waals surface area contributed by atoms with Crippen LogP contribution < -0.4 is 0 Å². The Bertz CT molecular complexity index is 800. The molecule has 2 aliphatic rings. The van der Waals surface area contributed by atoms with Crippen LogP contribution in [0, 0.1) is 11.7 Å². The van der Waals surface area contributed by atoms with E-state index < -0.39 is 5.82 Å². The Labute approximate surface area is 152 Å². The van der Waals surface area contributed by atoms with Crippen LogP contribution in [0.25, 0.3) is 0 Å². The van der Waals surface area contributed by atoms with E-state index in [0.717, 1.165) is 37.7 Å². The Morgan fingerprint density at radius 2 is 2.15 bits per heavy atom. The molecule has 1 aliphatic heterocycles. The molecule has 1 aromatic heterocycles. The van der Waals surface area contributed by atoms with Gasteiger partial charge in [-0.2, -0.15) is 0 Å². The molecule has 0 spiro atoms. The highest BCUT2D eigenvalue weighted by atomic mass is 19.1. The number of likely N-dealkylation sites (tertiary alicyclic amines) is 1. The van der Waals surface area contributed by atoms with Crippen LogP contribution in [0.2, 0.25) is 0 Å². The van der Waals surface area contributed by atoms with Gasteiger partial charge in [-0.15, -0.1) is 0 Å². The number of rotatable bonds is 5. The zero-order valence-corrected chi connectivity index (χ0v) is 14.8. The summed E-state index contributed by atoms with van der Waals surface area (Å²) in [5, 5.41) is 9.28. The molecule has 0 radical (unpaired) electrons. The smallest absolute Gasteiger partial charge is 0.227 e. The SMILES string of the molecule is O=C(Cc1ccc(O)c(F)c1)N1CCC[C@H](c2nccn2CC2CC2)C1. The first-order valence-electron chi connectivity index (χ1n) is 9.36. The van der Waals surface area contributed by atoms with Crippen molar-refractivity contribution in [1.29, 1.82) is 0 Å². The Balaban J connectivity index is 1.42. The van der Waals surface area contributed by atoms with E-state index >= 15 is 0 Å². The maximum Gasteiger partial charge on any atom is 0.227 e. The number of hydrogen-bond donors (Lipinski definition) is 1. The summed E-state index contributed by atoms with van der Waals surface area (Å²) < 4.78 is 15.7. The topological polar surface area (TPSA) is 58.4 Å². The van der Waals surface area contributed by atoms with Crippen LogP contribution in [-0.4, -0.2) is 38.6 Å². The molecule has 26 heavy (non-hydrogen) atoms. The third kappa shape index (κ3) is 3.74. The van der Waals surface area contributed by atoms with Crippen molar-refractivity contribution in [3.8, 4) is 5.75 Å². The van der Waals surface area contributed by atoms with Gasteiger partial charge in [0.15, 0.2) is 11.6 Å². The van der Waals surface area contributed by atoms with Gasteiger partial charge in [0, 0.05) is 37.9 Å². The lowest BCUT2D eigenvalue weighted by Crippen LogP contribution is -2.40. The van der Waals surface area contributed by atoms with Gasteiger partial charge in [-0.25, -0.2) is 9.37 Å². The molecule has 2 heterocycles. The summed E-state index contributed by atoms with van der Waals surface area (Å²) in [5.41, 5.74) is 0.586. The molecule has 0 unspecified atom stereocenters. The van der Waals surface area contributed by atoms with Crippen molar-refractivity contribution in [3.05, 3.63) is 47.8 Å². The minimum Gasteiger partial charge on any atom is -0.505 e. The molecular weight excluding hydrogens is 333 g/mol. The average molecular weight is 357 g/mol. The second kappa shape index (κ2) is 7.09. The predicted octanol–water partition coefficient (Wildman–Crippen LogP) is 3.09. The van der Waals surface area contributed by atoms with Crippen LogP contribution in [0.4, 0.5) is 4.39 Å². The summed E-state index contributed by atoms with van der Waals surface area (Å²) in [5.74, 6) is 1.06. The fraction of sp³-hybridized carbons (Fsp3) is 0.500. The summed E-state index contributed by atoms with van der Waals surface area (Å²) in [7, 11) is 0. The number of hydrogen-bond acceptors (Lipinski definition) is 3. The van der Waals surface area contributed by atoms with Crippen LogP contribution in [0.1, 0.15) is 43.0 Å². The number of phenolic OH excluding ortho intramolecular Hbond substituents is 1. The van der Waals surface area contributed by atoms with Crippen LogP contribution >= 0.6 is 0 Å². The number of amides is 1. The lowest BCUT2D eigenvalue weighted by Gasteiger charge is -2.33. The number of halogens is 1. The van der Waals surface area contributed by atoms with Gasteiger partial charge in [-0.05, 0) is 49.3 Å². The quantitative estimate of drug-likeness (QED) is 0.895. The average Bonchev–Trinajstić information content (AvgIpc) is 3.33. The molecule has 1 saturated carbocycles. The Morgan fingerprint density at radius 3 is 2.92 bits per heavy atom. The van der Waals surface area contributed by atoms with Gasteiger partial charge in [0.1, 0.15) is 5.82 Å². The van der Waals surface area contributed by atoms with Gasteiger partial charge in [0.2, 0.25) is 5.91 Å². The van der Waals surface area contributed by atoms with Gasteiger partial charge in [-0.1, -0.05) is 6.07 Å². The van der Waals surface area contributed by atoms with Crippen molar-refractivity contribution in [2.45, 2.75) is 44.6 Å². The molecule has 138 valence electrons. The Hall–Kier alpha value is -2.37. The summed E-state index contributed by atoms with van der Waals surface area (Å²) in [6.07, 6.45) is 8.66. The predicted molar refractivity (Wildman–Crippen MR) is 95.3 cm³/mol. The van der Waals surface area contributed by atoms with Crippen molar-refractivity contribution in [2.75, 3.05) is 13.1 Å². The summed E-state index contributed by atoms with van der Waals surface area (Å²) in [4.78, 5) is 19.1. The van der Waals surface area contributed by atoms with E-state index in [9.17, 15) is 14.3 Å². The van der Waals surface area contributed by atoms with Gasteiger partial charge in [-0.3, -0.25) is 4.79 Å². The molecule has 1 atom stereocenters. The van der Waals surface area contributed by atoms with Crippen LogP contribution in [0.15, 0.2) is 30.6 Å². The third-order valence-electron chi connectivity index (χ3n) is 5.41. The summed E-state index contributed by atoms with van der Waals surface area (Å²) in [6, 6.07) is 4.13. The fourth-order valence-corrected chi connectivity index (χ4v) is 3.77. The van der Waals surface area contributed by atoms with E-state index in [1.54, 1.807) is 6.07 Å². The number of carbonyl (C=O) groups excluding carboxylic acids is 1. The highest BCUT2D eigenvalue weighted by Crippen LogP contribution is 2.33. The number of aromatic hydroxyl groups is 1. The monoisotopic (exact) mass is 357 g/mol. The number of phenols is 1. The van der Waals surface area contributed by atoms with Gasteiger partial charge < -0.3 is 14.6 Å². The normalized spacial score (nSPS) is 20.3. The first-order chi connectivity index (χ1) is 12.6. The lowest BCUT2D eigenvalue weighted by molar-refractivity contribution is -0.131. The van der Waals surface area contributed by atoms with E-state index in [1.807, 2.05) is 17.3 Å². The van der Waals surface area contributed by atoms with Crippen molar-refractivity contribution in [2.24, 2.45) is 5.92 Å². The molecule has 1 amide bonds. The number of imidazole rings is 1. The number of carbonyl (C=O) groups is 1. The molecule has 2 fully saturated rings. The number of piperidine rings is 1. The highest BCUT2D eigenvalue weighted by molar-refractivity contribution is 5.79. The molecule has 1 saturated heterocycles. The Kier molecular flexibility index (Phi) is 4.66. The van der Waals surface area contributed by atoms with Gasteiger partial charge >= 0.3 is 0 Å². The number of aromatic nitrogens is 2. The van der Waals surface area contributed by atoms with Crippen LogP contribution in [0.3, 0.4) is 0 Å². The lowest BCUT2D eigenvalue weighted by atomic mass is 9.96. The third-order valence-corrected chi connectivity index (χ3v) is 5.41. The van der Waals surface area contributed by atoms with Gasteiger partial charge in [0.25, 0.3) is 0 Å². The summed E-state index contributed by atoms with van der Waals surface area (Å²) in [6.45, 7) is 2.44. The minimum atomic E-state index is -0.686. The zero-order valence-electron chi connectivity index (χ0n) is 14.8. The van der Waals surface area contributed by atoms with Gasteiger partial charge in [0.05, 0.1) is 6.42 Å². The first kappa shape index (κ1) is 17.1. The second-order valence-electron chi connectivity index (χ2n) is 7.52. The number of benzene rings is 1. The molecule has 0 bridgehead atoms. The van der Waals surface area contributed by atoms with E-state index in [0.29, 0.717) is 12.1 Å². The van der Waals surface area contributed by atoms with Crippen molar-refractivity contribution in [3.63, 3.8) is 0 Å². The highest BCUT2D eigenvalue weighted by Gasteiger charge is 2.29. The standard InChI is InChI=1S/C20H24FN3O2/c21-17-10-15(5-6-18(17)25)11-19(26)23-8-1-2-16(13-23)20-22-7-9-24(20)12-14-3-4-14/h5-7,9-10,14,16,25H,1-4,8,11-13H2/t16-/m0/s1. The molecule has 1 N–H and O–H groups in total. The van der Waals surface area contributed by atoms with Crippen molar-refractivity contribution >= 4 is 5.91 Å². The Morgan fingerprint density at radius 1 is 1.31 bits per heavy atom. The summed E-state index contributed by atoms with van der Waals surface area (Å²) >= 11 is 0.